The minimum absolute atomic E-state index is 0.0918. The lowest BCUT2D eigenvalue weighted by Gasteiger charge is -2.24. The summed E-state index contributed by atoms with van der Waals surface area (Å²) in [7, 11) is 0. The van der Waals surface area contributed by atoms with Crippen molar-refractivity contribution in [1.82, 2.24) is 9.80 Å². The maximum Gasteiger partial charge on any atom is 0.317 e. The van der Waals surface area contributed by atoms with Crippen molar-refractivity contribution < 1.29 is 40.1 Å². The Morgan fingerprint density at radius 3 is 1.67 bits per heavy atom. The van der Waals surface area contributed by atoms with Crippen molar-refractivity contribution in [2.45, 2.75) is 6.42 Å². The highest BCUT2D eigenvalue weighted by Gasteiger charge is 2.17. The molecule has 0 aliphatic carbocycles. The summed E-state index contributed by atoms with van der Waals surface area (Å²) >= 11 is 0. The molecule has 0 aromatic carbocycles. The number of carboxylic acids is 2. The van der Waals surface area contributed by atoms with Crippen molar-refractivity contribution in [3.8, 4) is 0 Å². The average Bonchev–Trinajstić information content (AvgIpc) is 2.40. The van der Waals surface area contributed by atoms with Gasteiger partial charge in [0.15, 0.2) is 0 Å². The molecule has 0 saturated carbocycles. The Hall–Kier alpha value is -2.30. The lowest BCUT2D eigenvalue weighted by atomic mass is 10.3. The minimum Gasteiger partial charge on any atom is -0.480 e. The van der Waals surface area contributed by atoms with Gasteiger partial charge in [0.1, 0.15) is 0 Å². The molecule has 21 heavy (non-hydrogen) atoms. The summed E-state index contributed by atoms with van der Waals surface area (Å²) in [6, 6.07) is 0. The topological polar surface area (TPSA) is 140 Å². The SMILES string of the molecule is C=C(OO)N(CCCN(CC(=O)O)CC(=O)O)C(=C)OO. The van der Waals surface area contributed by atoms with E-state index in [0.29, 0.717) is 0 Å². The lowest BCUT2D eigenvalue weighted by Crippen LogP contribution is -2.36. The summed E-state index contributed by atoms with van der Waals surface area (Å²) in [5.74, 6) is -2.84. The van der Waals surface area contributed by atoms with Crippen LogP contribution in [0.15, 0.2) is 24.9 Å². The third kappa shape index (κ3) is 7.77. The molecular weight excluding hydrogens is 288 g/mol. The molecule has 0 aromatic heterocycles. The van der Waals surface area contributed by atoms with Crippen LogP contribution in [-0.2, 0) is 19.4 Å². The zero-order chi connectivity index (χ0) is 16.4. The van der Waals surface area contributed by atoms with Crippen molar-refractivity contribution in [3.63, 3.8) is 0 Å². The number of hydrogen-bond acceptors (Lipinski definition) is 8. The molecule has 0 saturated heterocycles. The lowest BCUT2D eigenvalue weighted by molar-refractivity contribution is -0.251. The molecule has 120 valence electrons. The van der Waals surface area contributed by atoms with E-state index in [2.05, 4.69) is 22.9 Å². The fraction of sp³-hybridized carbons (Fsp3) is 0.455. The standard InChI is InChI=1S/C11H18N2O8/c1-8(20-18)13(9(2)21-19)5-3-4-12(6-10(14)15)7-11(16)17/h18-19H,1-7H2,(H,14,15)(H,16,17). The average molecular weight is 306 g/mol. The first kappa shape index (κ1) is 18.7. The Kier molecular flexibility index (Phi) is 8.53. The summed E-state index contributed by atoms with van der Waals surface area (Å²) in [6.07, 6.45) is 0.269. The normalized spacial score (nSPS) is 10.0. The highest BCUT2D eigenvalue weighted by Crippen LogP contribution is 2.12. The van der Waals surface area contributed by atoms with Crippen molar-refractivity contribution in [3.05, 3.63) is 24.9 Å². The number of carbonyl (C=O) groups is 2. The van der Waals surface area contributed by atoms with Crippen molar-refractivity contribution >= 4 is 11.9 Å². The van der Waals surface area contributed by atoms with Gasteiger partial charge in [0, 0.05) is 13.1 Å². The first-order valence-electron chi connectivity index (χ1n) is 5.76. The van der Waals surface area contributed by atoms with Crippen LogP contribution in [0.2, 0.25) is 0 Å². The van der Waals surface area contributed by atoms with Crippen LogP contribution in [0.1, 0.15) is 6.42 Å². The maximum absolute atomic E-state index is 10.6. The van der Waals surface area contributed by atoms with Crippen LogP contribution in [0.4, 0.5) is 0 Å². The molecule has 0 heterocycles. The molecule has 10 heteroatoms. The highest BCUT2D eigenvalue weighted by molar-refractivity contribution is 5.72. The molecule has 0 aliphatic rings. The van der Waals surface area contributed by atoms with E-state index in [1.54, 1.807) is 0 Å². The first-order valence-corrected chi connectivity index (χ1v) is 5.76. The fourth-order valence-electron chi connectivity index (χ4n) is 1.54. The monoisotopic (exact) mass is 306 g/mol. The van der Waals surface area contributed by atoms with Crippen molar-refractivity contribution in [2.24, 2.45) is 0 Å². The predicted octanol–water partition coefficient (Wildman–Crippen LogP) is 0.0713. The van der Waals surface area contributed by atoms with Crippen molar-refractivity contribution in [1.29, 1.82) is 0 Å². The van der Waals surface area contributed by atoms with Crippen LogP contribution in [-0.4, -0.2) is 68.6 Å². The number of carboxylic acid groups (broad SMARTS) is 2. The molecule has 4 N–H and O–H groups in total. The first-order chi connectivity index (χ1) is 9.81. The van der Waals surface area contributed by atoms with E-state index in [1.165, 1.54) is 4.90 Å². The zero-order valence-electron chi connectivity index (χ0n) is 11.3. The van der Waals surface area contributed by atoms with Gasteiger partial charge in [0.05, 0.1) is 13.1 Å². The van der Waals surface area contributed by atoms with Gasteiger partial charge < -0.3 is 20.0 Å². The molecule has 0 radical (unpaired) electrons. The molecule has 0 bridgehead atoms. The summed E-state index contributed by atoms with van der Waals surface area (Å²) in [5.41, 5.74) is 0. The molecule has 0 atom stereocenters. The van der Waals surface area contributed by atoms with Gasteiger partial charge in [-0.2, -0.15) is 0 Å². The van der Waals surface area contributed by atoms with E-state index in [9.17, 15) is 9.59 Å². The van der Waals surface area contributed by atoms with Crippen LogP contribution in [0, 0.1) is 0 Å². The molecular formula is C11H18N2O8. The smallest absolute Gasteiger partial charge is 0.317 e. The van der Waals surface area contributed by atoms with Gasteiger partial charge in [0.25, 0.3) is 0 Å². The predicted molar refractivity (Wildman–Crippen MR) is 68.7 cm³/mol. The van der Waals surface area contributed by atoms with Gasteiger partial charge in [-0.25, -0.2) is 10.5 Å². The van der Waals surface area contributed by atoms with Crippen LogP contribution < -0.4 is 0 Å². The summed E-state index contributed by atoms with van der Waals surface area (Å²) in [5, 5.41) is 34.4. The maximum atomic E-state index is 10.6. The summed E-state index contributed by atoms with van der Waals surface area (Å²) < 4.78 is 0. The van der Waals surface area contributed by atoms with E-state index < -0.39 is 25.0 Å². The van der Waals surface area contributed by atoms with Crippen LogP contribution >= 0.6 is 0 Å². The van der Waals surface area contributed by atoms with Gasteiger partial charge >= 0.3 is 11.9 Å². The molecule has 0 aromatic rings. The molecule has 10 nitrogen and oxygen atoms in total. The van der Waals surface area contributed by atoms with Gasteiger partial charge in [-0.05, 0) is 19.6 Å². The van der Waals surface area contributed by atoms with E-state index in [1.807, 2.05) is 0 Å². The van der Waals surface area contributed by atoms with Crippen LogP contribution in [0.3, 0.4) is 0 Å². The van der Waals surface area contributed by atoms with Crippen molar-refractivity contribution in [2.75, 3.05) is 26.2 Å². The summed E-state index contributed by atoms with van der Waals surface area (Å²) in [4.78, 5) is 31.3. The quantitative estimate of drug-likeness (QED) is 0.222. The second-order valence-electron chi connectivity index (χ2n) is 3.97. The van der Waals surface area contributed by atoms with E-state index >= 15 is 0 Å². The third-order valence-electron chi connectivity index (χ3n) is 2.39. The van der Waals surface area contributed by atoms with Gasteiger partial charge in [-0.15, -0.1) is 0 Å². The number of hydrogen-bond donors (Lipinski definition) is 4. The number of rotatable bonds is 12. The molecule has 0 amide bonds. The van der Waals surface area contributed by atoms with Gasteiger partial charge in [0.2, 0.25) is 11.8 Å². The van der Waals surface area contributed by atoms with Gasteiger partial charge in [-0.3, -0.25) is 19.4 Å². The largest absolute Gasteiger partial charge is 0.480 e. The number of nitrogens with zero attached hydrogens (tertiary/aromatic N) is 2. The second-order valence-corrected chi connectivity index (χ2v) is 3.97. The Labute approximate surface area is 120 Å². The molecule has 0 spiro atoms. The van der Waals surface area contributed by atoms with E-state index in [0.717, 1.165) is 4.90 Å². The molecule has 0 rings (SSSR count). The second kappa shape index (κ2) is 9.58. The number of aliphatic carboxylic acids is 2. The Morgan fingerprint density at radius 2 is 1.33 bits per heavy atom. The zero-order valence-corrected chi connectivity index (χ0v) is 11.3. The molecule has 0 aliphatic heterocycles. The van der Waals surface area contributed by atoms with Crippen LogP contribution in [0.5, 0.6) is 0 Å². The third-order valence-corrected chi connectivity index (χ3v) is 2.39. The Morgan fingerprint density at radius 1 is 0.905 bits per heavy atom. The fourth-order valence-corrected chi connectivity index (χ4v) is 1.54. The summed E-state index contributed by atoms with van der Waals surface area (Å²) in [6.45, 7) is 6.04. The van der Waals surface area contributed by atoms with Crippen LogP contribution in [0.25, 0.3) is 0 Å². The van der Waals surface area contributed by atoms with E-state index in [-0.39, 0.29) is 31.3 Å². The van der Waals surface area contributed by atoms with E-state index in [4.69, 9.17) is 20.7 Å². The molecule has 0 fully saturated rings. The van der Waals surface area contributed by atoms with Gasteiger partial charge in [-0.1, -0.05) is 0 Å². The minimum atomic E-state index is -1.15. The Balaban J connectivity index is 4.49. The Bertz CT molecular complexity index is 366. The molecule has 0 unspecified atom stereocenters. The highest BCUT2D eigenvalue weighted by atomic mass is 17.1.